The van der Waals surface area contributed by atoms with Crippen molar-refractivity contribution in [3.63, 3.8) is 0 Å². The summed E-state index contributed by atoms with van der Waals surface area (Å²) in [6, 6.07) is 8.69. The van der Waals surface area contributed by atoms with Crippen molar-refractivity contribution >= 4 is 5.69 Å². The van der Waals surface area contributed by atoms with Crippen molar-refractivity contribution in [1.29, 1.82) is 0 Å². The van der Waals surface area contributed by atoms with Gasteiger partial charge in [0.05, 0.1) is 6.10 Å². The van der Waals surface area contributed by atoms with E-state index in [0.717, 1.165) is 26.2 Å². The number of ether oxygens (including phenoxy) is 1. The molecule has 0 spiro atoms. The summed E-state index contributed by atoms with van der Waals surface area (Å²) >= 11 is 0. The van der Waals surface area contributed by atoms with Crippen molar-refractivity contribution in [2.45, 2.75) is 37.7 Å². The fourth-order valence-corrected chi connectivity index (χ4v) is 3.15. The fraction of sp³-hybridized carbons (Fsp3) is 0.625. The highest BCUT2D eigenvalue weighted by Gasteiger charge is 2.20. The van der Waals surface area contributed by atoms with E-state index in [4.69, 9.17) is 4.74 Å². The zero-order valence-corrected chi connectivity index (χ0v) is 11.5. The minimum atomic E-state index is 0.436. The SMILES string of the molecule is c1ccc2c(c1)NCCC2CNCC1CCCCO1. The van der Waals surface area contributed by atoms with Crippen molar-refractivity contribution in [2.24, 2.45) is 0 Å². The highest BCUT2D eigenvalue weighted by Crippen LogP contribution is 2.30. The third-order valence-corrected chi connectivity index (χ3v) is 4.25. The lowest BCUT2D eigenvalue weighted by Crippen LogP contribution is -2.35. The normalized spacial score (nSPS) is 26.5. The molecule has 0 aliphatic carbocycles. The molecule has 19 heavy (non-hydrogen) atoms. The second-order valence-electron chi connectivity index (χ2n) is 5.65. The molecule has 2 aliphatic heterocycles. The average molecular weight is 260 g/mol. The predicted molar refractivity (Wildman–Crippen MR) is 78.8 cm³/mol. The van der Waals surface area contributed by atoms with Gasteiger partial charge in [0.25, 0.3) is 0 Å². The molecule has 0 radical (unpaired) electrons. The Hall–Kier alpha value is -1.06. The van der Waals surface area contributed by atoms with Gasteiger partial charge in [-0.05, 0) is 37.3 Å². The Morgan fingerprint density at radius 3 is 3.00 bits per heavy atom. The van der Waals surface area contributed by atoms with Gasteiger partial charge < -0.3 is 15.4 Å². The van der Waals surface area contributed by atoms with Gasteiger partial charge in [0, 0.05) is 37.8 Å². The Labute approximate surface area is 115 Å². The summed E-state index contributed by atoms with van der Waals surface area (Å²) in [7, 11) is 0. The Kier molecular flexibility index (Phi) is 4.36. The minimum Gasteiger partial charge on any atom is -0.385 e. The van der Waals surface area contributed by atoms with Crippen LogP contribution in [0.25, 0.3) is 0 Å². The smallest absolute Gasteiger partial charge is 0.0699 e. The first-order valence-electron chi connectivity index (χ1n) is 7.58. The zero-order valence-electron chi connectivity index (χ0n) is 11.5. The van der Waals surface area contributed by atoms with Gasteiger partial charge in [-0.15, -0.1) is 0 Å². The second-order valence-corrected chi connectivity index (χ2v) is 5.65. The number of rotatable bonds is 4. The third-order valence-electron chi connectivity index (χ3n) is 4.25. The fourth-order valence-electron chi connectivity index (χ4n) is 3.15. The van der Waals surface area contributed by atoms with Gasteiger partial charge in [0.2, 0.25) is 0 Å². The summed E-state index contributed by atoms with van der Waals surface area (Å²) in [4.78, 5) is 0. The van der Waals surface area contributed by atoms with Crippen molar-refractivity contribution in [1.82, 2.24) is 5.32 Å². The van der Waals surface area contributed by atoms with Crippen LogP contribution in [0.5, 0.6) is 0 Å². The number of nitrogens with one attached hydrogen (secondary N) is 2. The predicted octanol–water partition coefficient (Wildman–Crippen LogP) is 2.74. The molecule has 1 fully saturated rings. The molecule has 1 aromatic carbocycles. The highest BCUT2D eigenvalue weighted by atomic mass is 16.5. The lowest BCUT2D eigenvalue weighted by Gasteiger charge is -2.28. The quantitative estimate of drug-likeness (QED) is 0.873. The van der Waals surface area contributed by atoms with Gasteiger partial charge in [-0.2, -0.15) is 0 Å². The Morgan fingerprint density at radius 2 is 2.11 bits per heavy atom. The van der Waals surface area contributed by atoms with Crippen molar-refractivity contribution in [3.8, 4) is 0 Å². The number of para-hydroxylation sites is 1. The van der Waals surface area contributed by atoms with Gasteiger partial charge in [-0.1, -0.05) is 18.2 Å². The number of benzene rings is 1. The zero-order chi connectivity index (χ0) is 12.9. The average Bonchev–Trinajstić information content (AvgIpc) is 2.49. The molecule has 2 unspecified atom stereocenters. The first kappa shape index (κ1) is 12.9. The topological polar surface area (TPSA) is 33.3 Å². The maximum Gasteiger partial charge on any atom is 0.0699 e. The molecule has 2 N–H and O–H groups in total. The van der Waals surface area contributed by atoms with Crippen LogP contribution in [0.2, 0.25) is 0 Å². The molecule has 0 amide bonds. The Balaban J connectivity index is 1.50. The first-order valence-corrected chi connectivity index (χ1v) is 7.58. The van der Waals surface area contributed by atoms with Crippen LogP contribution in [0.3, 0.4) is 0 Å². The van der Waals surface area contributed by atoms with E-state index < -0.39 is 0 Å². The van der Waals surface area contributed by atoms with E-state index in [2.05, 4.69) is 34.9 Å². The summed E-state index contributed by atoms with van der Waals surface area (Å²) < 4.78 is 5.76. The summed E-state index contributed by atoms with van der Waals surface area (Å²) in [5.74, 6) is 0.640. The van der Waals surface area contributed by atoms with E-state index in [1.165, 1.54) is 36.9 Å². The minimum absolute atomic E-state index is 0.436. The Morgan fingerprint density at radius 1 is 1.16 bits per heavy atom. The molecule has 0 aromatic heterocycles. The molecule has 0 saturated carbocycles. The Bertz CT molecular complexity index is 401. The number of hydrogen-bond acceptors (Lipinski definition) is 3. The van der Waals surface area contributed by atoms with Crippen LogP contribution in [-0.2, 0) is 4.74 Å². The molecular weight excluding hydrogens is 236 g/mol. The van der Waals surface area contributed by atoms with Crippen LogP contribution < -0.4 is 10.6 Å². The largest absolute Gasteiger partial charge is 0.385 e. The van der Waals surface area contributed by atoms with Gasteiger partial charge in [-0.25, -0.2) is 0 Å². The highest BCUT2D eigenvalue weighted by molar-refractivity contribution is 5.54. The summed E-state index contributed by atoms with van der Waals surface area (Å²) in [6.07, 6.45) is 5.43. The molecule has 1 saturated heterocycles. The lowest BCUT2D eigenvalue weighted by atomic mass is 9.91. The van der Waals surface area contributed by atoms with E-state index in [1.807, 2.05) is 0 Å². The maximum atomic E-state index is 5.76. The molecule has 2 atom stereocenters. The van der Waals surface area contributed by atoms with Gasteiger partial charge in [0.15, 0.2) is 0 Å². The van der Waals surface area contributed by atoms with Crippen LogP contribution in [0.15, 0.2) is 24.3 Å². The van der Waals surface area contributed by atoms with E-state index in [9.17, 15) is 0 Å². The molecule has 3 nitrogen and oxygen atoms in total. The van der Waals surface area contributed by atoms with Crippen LogP contribution in [0, 0.1) is 0 Å². The molecular formula is C16H24N2O. The van der Waals surface area contributed by atoms with Gasteiger partial charge in [0.1, 0.15) is 0 Å². The van der Waals surface area contributed by atoms with E-state index in [0.29, 0.717) is 12.0 Å². The van der Waals surface area contributed by atoms with Crippen molar-refractivity contribution in [3.05, 3.63) is 29.8 Å². The lowest BCUT2D eigenvalue weighted by molar-refractivity contribution is 0.0168. The standard InChI is InChI=1S/C16H24N2O/c1-2-7-16-15(6-1)13(8-9-18-16)11-17-12-14-5-3-4-10-19-14/h1-2,6-7,13-14,17-18H,3-5,8-12H2. The molecule has 3 rings (SSSR count). The van der Waals surface area contributed by atoms with E-state index in [-0.39, 0.29) is 0 Å². The molecule has 104 valence electrons. The first-order chi connectivity index (χ1) is 9.43. The van der Waals surface area contributed by atoms with Crippen LogP contribution in [0.1, 0.15) is 37.2 Å². The molecule has 0 bridgehead atoms. The number of anilines is 1. The van der Waals surface area contributed by atoms with E-state index >= 15 is 0 Å². The molecule has 1 aromatic rings. The maximum absolute atomic E-state index is 5.76. The summed E-state index contributed by atoms with van der Waals surface area (Å²) in [6.45, 7) is 4.11. The van der Waals surface area contributed by atoms with Gasteiger partial charge >= 0.3 is 0 Å². The molecule has 2 aliphatic rings. The number of fused-ring (bicyclic) bond motifs is 1. The van der Waals surface area contributed by atoms with Crippen molar-refractivity contribution in [2.75, 3.05) is 31.6 Å². The monoisotopic (exact) mass is 260 g/mol. The van der Waals surface area contributed by atoms with Gasteiger partial charge in [-0.3, -0.25) is 0 Å². The third kappa shape index (κ3) is 3.28. The molecule has 3 heteroatoms. The summed E-state index contributed by atoms with van der Waals surface area (Å²) in [5.41, 5.74) is 2.78. The van der Waals surface area contributed by atoms with Crippen LogP contribution in [-0.4, -0.2) is 32.3 Å². The van der Waals surface area contributed by atoms with E-state index in [1.54, 1.807) is 0 Å². The molecule has 2 heterocycles. The van der Waals surface area contributed by atoms with Crippen LogP contribution >= 0.6 is 0 Å². The number of hydrogen-bond donors (Lipinski definition) is 2. The van der Waals surface area contributed by atoms with Crippen LogP contribution in [0.4, 0.5) is 5.69 Å². The summed E-state index contributed by atoms with van der Waals surface area (Å²) in [5, 5.41) is 7.09. The second kappa shape index (κ2) is 6.40. The van der Waals surface area contributed by atoms with Crippen molar-refractivity contribution < 1.29 is 4.74 Å².